The molecule has 4 atom stereocenters. The number of aromatic amines is 1. The van der Waals surface area contributed by atoms with E-state index >= 15 is 0 Å². The van der Waals surface area contributed by atoms with Gasteiger partial charge in [0.25, 0.3) is 0 Å². The molecule has 0 aliphatic carbocycles. The summed E-state index contributed by atoms with van der Waals surface area (Å²) in [5.41, 5.74) is 6.36. The van der Waals surface area contributed by atoms with Gasteiger partial charge in [0.2, 0.25) is 0 Å². The van der Waals surface area contributed by atoms with Crippen LogP contribution in [0.1, 0.15) is 32.4 Å². The van der Waals surface area contributed by atoms with E-state index < -0.39 is 42.6 Å². The number of likely N-dealkylation sites (tertiary alicyclic amines) is 1. The molecule has 0 aromatic carbocycles. The van der Waals surface area contributed by atoms with Crippen LogP contribution in [0.2, 0.25) is 0 Å². The molecule has 10 nitrogen and oxygen atoms in total. The van der Waals surface area contributed by atoms with E-state index in [0.29, 0.717) is 16.6 Å². The van der Waals surface area contributed by atoms with Gasteiger partial charge in [-0.3, -0.25) is 4.90 Å². The Balaban J connectivity index is 2.09. The number of aliphatic hydroxyl groups excluding tert-OH is 3. The van der Waals surface area contributed by atoms with Crippen LogP contribution in [0, 0.1) is 0 Å². The van der Waals surface area contributed by atoms with Crippen molar-refractivity contribution in [3.8, 4) is 0 Å². The van der Waals surface area contributed by atoms with Crippen LogP contribution in [0.5, 0.6) is 0 Å². The number of nitrogen functional groups attached to an aromatic ring is 1. The fourth-order valence-corrected chi connectivity index (χ4v) is 3.25. The van der Waals surface area contributed by atoms with Crippen LogP contribution in [-0.2, 0) is 4.74 Å². The van der Waals surface area contributed by atoms with Gasteiger partial charge in [-0.2, -0.15) is 0 Å². The summed E-state index contributed by atoms with van der Waals surface area (Å²) >= 11 is 0. The predicted octanol–water partition coefficient (Wildman–Crippen LogP) is -0.0854. The van der Waals surface area contributed by atoms with E-state index in [2.05, 4.69) is 15.0 Å². The Labute approximate surface area is 149 Å². The van der Waals surface area contributed by atoms with Crippen molar-refractivity contribution in [3.05, 3.63) is 18.1 Å². The molecule has 0 radical (unpaired) electrons. The molecule has 26 heavy (non-hydrogen) atoms. The quantitative estimate of drug-likeness (QED) is 0.494. The van der Waals surface area contributed by atoms with Gasteiger partial charge >= 0.3 is 6.09 Å². The molecule has 2 aromatic rings. The Kier molecular flexibility index (Phi) is 4.51. The first kappa shape index (κ1) is 18.4. The van der Waals surface area contributed by atoms with Crippen LogP contribution in [0.4, 0.5) is 10.6 Å². The summed E-state index contributed by atoms with van der Waals surface area (Å²) in [5, 5.41) is 30.6. The Morgan fingerprint density at radius 1 is 1.35 bits per heavy atom. The molecule has 0 unspecified atom stereocenters. The molecule has 0 bridgehead atoms. The number of nitrogens with one attached hydrogen (secondary N) is 1. The summed E-state index contributed by atoms with van der Waals surface area (Å²) in [5.74, 6) is 0.219. The van der Waals surface area contributed by atoms with Crippen LogP contribution in [0.25, 0.3) is 11.0 Å². The minimum Gasteiger partial charge on any atom is -0.444 e. The first-order chi connectivity index (χ1) is 12.2. The number of anilines is 1. The number of aliphatic hydroxyl groups is 3. The third kappa shape index (κ3) is 2.96. The molecule has 6 N–H and O–H groups in total. The van der Waals surface area contributed by atoms with Gasteiger partial charge < -0.3 is 30.8 Å². The van der Waals surface area contributed by atoms with Crippen LogP contribution in [0.3, 0.4) is 0 Å². The van der Waals surface area contributed by atoms with E-state index in [4.69, 9.17) is 10.5 Å². The van der Waals surface area contributed by atoms with Crippen LogP contribution in [0.15, 0.2) is 12.5 Å². The van der Waals surface area contributed by atoms with Gasteiger partial charge in [-0.05, 0) is 20.8 Å². The fourth-order valence-electron chi connectivity index (χ4n) is 3.25. The third-order valence-electron chi connectivity index (χ3n) is 4.36. The zero-order valence-corrected chi connectivity index (χ0v) is 14.7. The van der Waals surface area contributed by atoms with Crippen molar-refractivity contribution in [3.63, 3.8) is 0 Å². The third-order valence-corrected chi connectivity index (χ3v) is 4.36. The first-order valence-electron chi connectivity index (χ1n) is 8.21. The van der Waals surface area contributed by atoms with Crippen molar-refractivity contribution in [2.75, 3.05) is 12.3 Å². The molecule has 10 heteroatoms. The topological polar surface area (TPSA) is 158 Å². The lowest BCUT2D eigenvalue weighted by Gasteiger charge is -2.32. The van der Waals surface area contributed by atoms with Crippen molar-refractivity contribution >= 4 is 22.9 Å². The van der Waals surface area contributed by atoms with Gasteiger partial charge in [0.15, 0.2) is 5.82 Å². The number of carbonyl (C=O) groups is 1. The lowest BCUT2D eigenvalue weighted by atomic mass is 10.0. The van der Waals surface area contributed by atoms with Crippen LogP contribution in [-0.4, -0.2) is 71.7 Å². The van der Waals surface area contributed by atoms with Crippen molar-refractivity contribution in [2.45, 2.75) is 50.7 Å². The zero-order chi connectivity index (χ0) is 19.2. The molecule has 0 saturated carbocycles. The number of nitrogens with zero attached hydrogens (tertiary/aromatic N) is 3. The first-order valence-corrected chi connectivity index (χ1v) is 8.21. The number of nitrogens with two attached hydrogens (primary N) is 1. The predicted molar refractivity (Wildman–Crippen MR) is 92.0 cm³/mol. The van der Waals surface area contributed by atoms with E-state index in [-0.39, 0.29) is 5.82 Å². The molecule has 1 fully saturated rings. The molecule has 1 saturated heterocycles. The number of ether oxygens (including phenoxy) is 1. The van der Waals surface area contributed by atoms with Crippen molar-refractivity contribution < 1.29 is 24.9 Å². The standard InChI is InChI=1S/C16H23N5O5/c1-16(2,3)26-15(25)21-8(5-22)12(23)13(24)11(21)7-4-18-10-9(7)19-6-20-14(10)17/h4,6,8,11-13,18,22-24H,5H2,1-3H3,(H2,17,19,20)/t8-,11+,12+,13+/m1/s1. The Morgan fingerprint density at radius 3 is 2.65 bits per heavy atom. The van der Waals surface area contributed by atoms with Crippen molar-refractivity contribution in [2.24, 2.45) is 0 Å². The number of amides is 1. The summed E-state index contributed by atoms with van der Waals surface area (Å²) in [4.78, 5) is 24.9. The van der Waals surface area contributed by atoms with Crippen LogP contribution < -0.4 is 5.73 Å². The Bertz CT molecular complexity index is 817. The minimum atomic E-state index is -1.35. The van der Waals surface area contributed by atoms with Gasteiger partial charge in [0.05, 0.1) is 24.2 Å². The van der Waals surface area contributed by atoms with Gasteiger partial charge in [-0.25, -0.2) is 14.8 Å². The summed E-state index contributed by atoms with van der Waals surface area (Å²) in [7, 11) is 0. The molecule has 1 aliphatic heterocycles. The van der Waals surface area contributed by atoms with Gasteiger partial charge in [-0.1, -0.05) is 0 Å². The van der Waals surface area contributed by atoms with E-state index in [1.54, 1.807) is 27.0 Å². The number of hydrogen-bond acceptors (Lipinski definition) is 8. The average Bonchev–Trinajstić information content (AvgIpc) is 3.07. The van der Waals surface area contributed by atoms with Gasteiger partial charge in [0.1, 0.15) is 29.7 Å². The fraction of sp³-hybridized carbons (Fsp3) is 0.562. The number of carbonyl (C=O) groups excluding carboxylic acids is 1. The van der Waals surface area contributed by atoms with Crippen molar-refractivity contribution in [1.29, 1.82) is 0 Å². The molecule has 0 spiro atoms. The molecule has 2 aromatic heterocycles. The summed E-state index contributed by atoms with van der Waals surface area (Å²) < 4.78 is 5.40. The molecular formula is C16H23N5O5. The maximum absolute atomic E-state index is 12.7. The highest BCUT2D eigenvalue weighted by Gasteiger charge is 2.52. The molecule has 142 valence electrons. The average molecular weight is 365 g/mol. The summed E-state index contributed by atoms with van der Waals surface area (Å²) in [6, 6.07) is -1.99. The highest BCUT2D eigenvalue weighted by Crippen LogP contribution is 2.40. The molecule has 1 amide bonds. The number of hydrogen-bond donors (Lipinski definition) is 5. The number of rotatable bonds is 2. The Morgan fingerprint density at radius 2 is 2.04 bits per heavy atom. The van der Waals surface area contributed by atoms with E-state index in [1.807, 2.05) is 0 Å². The van der Waals surface area contributed by atoms with Gasteiger partial charge in [-0.15, -0.1) is 0 Å². The normalized spacial score (nSPS) is 26.5. The second-order valence-corrected chi connectivity index (χ2v) is 7.29. The number of fused-ring (bicyclic) bond motifs is 1. The zero-order valence-electron chi connectivity index (χ0n) is 14.7. The van der Waals surface area contributed by atoms with Crippen LogP contribution >= 0.6 is 0 Å². The molecular weight excluding hydrogens is 342 g/mol. The summed E-state index contributed by atoms with van der Waals surface area (Å²) in [6.45, 7) is 4.58. The smallest absolute Gasteiger partial charge is 0.411 e. The second kappa shape index (κ2) is 6.38. The highest BCUT2D eigenvalue weighted by molar-refractivity contribution is 5.88. The highest BCUT2D eigenvalue weighted by atomic mass is 16.6. The van der Waals surface area contributed by atoms with Crippen molar-refractivity contribution in [1.82, 2.24) is 19.9 Å². The van der Waals surface area contributed by atoms with E-state index in [1.165, 1.54) is 6.33 Å². The molecule has 1 aliphatic rings. The number of H-pyrrole nitrogens is 1. The maximum atomic E-state index is 12.7. The molecule has 3 heterocycles. The second-order valence-electron chi connectivity index (χ2n) is 7.29. The van der Waals surface area contributed by atoms with E-state index in [0.717, 1.165) is 4.90 Å². The number of aromatic nitrogens is 3. The summed E-state index contributed by atoms with van der Waals surface area (Å²) in [6.07, 6.45) is -0.619. The lowest BCUT2D eigenvalue weighted by Crippen LogP contribution is -2.45. The Hall–Kier alpha value is -2.43. The maximum Gasteiger partial charge on any atom is 0.411 e. The lowest BCUT2D eigenvalue weighted by molar-refractivity contribution is -0.000805. The minimum absolute atomic E-state index is 0.219. The van der Waals surface area contributed by atoms with E-state index in [9.17, 15) is 20.1 Å². The monoisotopic (exact) mass is 365 g/mol. The van der Waals surface area contributed by atoms with Gasteiger partial charge in [0, 0.05) is 11.8 Å². The largest absolute Gasteiger partial charge is 0.444 e. The molecule has 3 rings (SSSR count). The SMILES string of the molecule is CC(C)(C)OC(=O)N1[C@H](CO)[C@H](O)[C@@H](O)[C@@H]1c1c[nH]c2c(N)ncnc12.